The van der Waals surface area contributed by atoms with E-state index in [-0.39, 0.29) is 24.9 Å². The third kappa shape index (κ3) is 4.57. The van der Waals surface area contributed by atoms with E-state index in [0.29, 0.717) is 22.9 Å². The first kappa shape index (κ1) is 16.5. The summed E-state index contributed by atoms with van der Waals surface area (Å²) in [5.41, 5.74) is 1.97. The summed E-state index contributed by atoms with van der Waals surface area (Å²) in [5, 5.41) is 6.50. The highest BCUT2D eigenvalue weighted by atomic mass is 16.5. The Hall–Kier alpha value is -3.35. The largest absolute Gasteiger partial charge is 0.461 e. The first-order valence-electron chi connectivity index (χ1n) is 7.62. The van der Waals surface area contributed by atoms with E-state index in [2.05, 4.69) is 10.5 Å². The van der Waals surface area contributed by atoms with E-state index in [1.165, 1.54) is 13.2 Å². The number of rotatable bonds is 6. The normalized spacial score (nSPS) is 10.4. The molecule has 0 spiro atoms. The topological polar surface area (TPSA) is 94.6 Å². The van der Waals surface area contributed by atoms with E-state index < -0.39 is 0 Å². The molecule has 0 atom stereocenters. The molecule has 128 valence electrons. The Morgan fingerprint density at radius 1 is 1.16 bits per heavy atom. The minimum atomic E-state index is -0.380. The lowest BCUT2D eigenvalue weighted by atomic mass is 10.1. The third-order valence-electron chi connectivity index (χ3n) is 3.33. The molecule has 0 bridgehead atoms. The molecule has 0 aliphatic rings. The average molecular weight is 340 g/mol. The molecule has 0 radical (unpaired) electrons. The van der Waals surface area contributed by atoms with Crippen LogP contribution in [-0.2, 0) is 27.4 Å². The maximum absolute atomic E-state index is 11.9. The zero-order valence-electron chi connectivity index (χ0n) is 13.5. The number of carbonyl (C=O) groups is 2. The number of benzene rings is 1. The van der Waals surface area contributed by atoms with Gasteiger partial charge in [0, 0.05) is 18.7 Å². The maximum Gasteiger partial charge on any atom is 0.310 e. The lowest BCUT2D eigenvalue weighted by molar-refractivity contribution is -0.144. The Morgan fingerprint density at radius 2 is 1.96 bits per heavy atom. The van der Waals surface area contributed by atoms with E-state index in [1.807, 2.05) is 0 Å². The molecule has 25 heavy (non-hydrogen) atoms. The van der Waals surface area contributed by atoms with E-state index in [4.69, 9.17) is 13.7 Å². The number of nitrogens with zero attached hydrogens (tertiary/aromatic N) is 1. The first-order chi connectivity index (χ1) is 12.1. The molecule has 2 aromatic heterocycles. The molecular formula is C18H16N2O5. The number of hydrogen-bond donors (Lipinski definition) is 1. The second-order valence-electron chi connectivity index (χ2n) is 5.38. The van der Waals surface area contributed by atoms with Crippen molar-refractivity contribution in [3.05, 3.63) is 60.0 Å². The molecule has 0 saturated carbocycles. The van der Waals surface area contributed by atoms with Crippen LogP contribution in [0, 0.1) is 0 Å². The number of anilines is 1. The van der Waals surface area contributed by atoms with Crippen molar-refractivity contribution in [2.45, 2.75) is 20.0 Å². The van der Waals surface area contributed by atoms with Gasteiger partial charge in [-0.05, 0) is 29.8 Å². The molecule has 0 saturated heterocycles. The Kier molecular flexibility index (Phi) is 4.94. The summed E-state index contributed by atoms with van der Waals surface area (Å²) in [4.78, 5) is 22.9. The van der Waals surface area contributed by atoms with Crippen molar-refractivity contribution in [1.82, 2.24) is 5.16 Å². The van der Waals surface area contributed by atoms with Gasteiger partial charge in [-0.25, -0.2) is 0 Å². The minimum Gasteiger partial charge on any atom is -0.461 e. The number of amides is 1. The number of carbonyl (C=O) groups excluding carboxylic acids is 2. The van der Waals surface area contributed by atoms with Crippen LogP contribution in [0.25, 0.3) is 11.5 Å². The summed E-state index contributed by atoms with van der Waals surface area (Å²) in [6.07, 6.45) is 1.66. The molecule has 2 heterocycles. The number of furan rings is 1. The molecular weight excluding hydrogens is 324 g/mol. The second kappa shape index (κ2) is 7.48. The van der Waals surface area contributed by atoms with Gasteiger partial charge in [-0.3, -0.25) is 9.59 Å². The Morgan fingerprint density at radius 3 is 2.64 bits per heavy atom. The second-order valence-corrected chi connectivity index (χ2v) is 5.38. The summed E-state index contributed by atoms with van der Waals surface area (Å²) in [5.74, 6) is 0.512. The summed E-state index contributed by atoms with van der Waals surface area (Å²) in [6.45, 7) is 1.46. The SMILES string of the molecule is CC(=O)Nc1ccc(CC(=O)OCc2cc(-c3ccco3)on2)cc1. The van der Waals surface area contributed by atoms with Crippen molar-refractivity contribution in [3.63, 3.8) is 0 Å². The Balaban J connectivity index is 1.50. The van der Waals surface area contributed by atoms with Gasteiger partial charge in [-0.1, -0.05) is 17.3 Å². The smallest absolute Gasteiger partial charge is 0.310 e. The van der Waals surface area contributed by atoms with E-state index in [9.17, 15) is 9.59 Å². The summed E-state index contributed by atoms with van der Waals surface area (Å²) in [6, 6.07) is 12.1. The molecule has 0 aliphatic carbocycles. The standard InChI is InChI=1S/C18H16N2O5/c1-12(21)19-14-6-4-13(5-7-14)9-18(22)24-11-15-10-17(25-20-15)16-3-2-8-23-16/h2-8,10H,9,11H2,1H3,(H,19,21). The van der Waals surface area contributed by atoms with Crippen LogP contribution < -0.4 is 5.32 Å². The molecule has 1 amide bonds. The van der Waals surface area contributed by atoms with Crippen molar-refractivity contribution in [1.29, 1.82) is 0 Å². The van der Waals surface area contributed by atoms with Crippen LogP contribution in [-0.4, -0.2) is 17.0 Å². The molecule has 1 N–H and O–H groups in total. The maximum atomic E-state index is 11.9. The van der Waals surface area contributed by atoms with Crippen molar-refractivity contribution in [3.8, 4) is 11.5 Å². The molecule has 7 heteroatoms. The molecule has 3 rings (SSSR count). The van der Waals surface area contributed by atoms with Crippen LogP contribution in [0.2, 0.25) is 0 Å². The third-order valence-corrected chi connectivity index (χ3v) is 3.33. The summed E-state index contributed by atoms with van der Waals surface area (Å²) in [7, 11) is 0. The molecule has 0 aliphatic heterocycles. The monoisotopic (exact) mass is 340 g/mol. The average Bonchev–Trinajstić information content (AvgIpc) is 3.25. The van der Waals surface area contributed by atoms with Crippen LogP contribution in [0.15, 0.2) is 57.7 Å². The van der Waals surface area contributed by atoms with Crippen LogP contribution >= 0.6 is 0 Å². The van der Waals surface area contributed by atoms with Gasteiger partial charge in [-0.15, -0.1) is 0 Å². The molecule has 0 unspecified atom stereocenters. The predicted octanol–water partition coefficient (Wildman–Crippen LogP) is 3.18. The molecule has 0 fully saturated rings. The van der Waals surface area contributed by atoms with Crippen molar-refractivity contribution in [2.75, 3.05) is 5.32 Å². The number of ether oxygens (including phenoxy) is 1. The van der Waals surface area contributed by atoms with Crippen molar-refractivity contribution in [2.24, 2.45) is 0 Å². The van der Waals surface area contributed by atoms with E-state index >= 15 is 0 Å². The van der Waals surface area contributed by atoms with E-state index in [0.717, 1.165) is 5.56 Å². The minimum absolute atomic E-state index is 0.0209. The lowest BCUT2D eigenvalue weighted by Crippen LogP contribution is -2.09. The Labute approximate surface area is 143 Å². The van der Waals surface area contributed by atoms with Gasteiger partial charge in [0.1, 0.15) is 12.3 Å². The van der Waals surface area contributed by atoms with Gasteiger partial charge in [0.2, 0.25) is 11.7 Å². The van der Waals surface area contributed by atoms with Gasteiger partial charge in [0.05, 0.1) is 12.7 Å². The fourth-order valence-electron chi connectivity index (χ4n) is 2.20. The highest BCUT2D eigenvalue weighted by Crippen LogP contribution is 2.20. The molecule has 1 aromatic carbocycles. The highest BCUT2D eigenvalue weighted by Gasteiger charge is 2.11. The zero-order valence-corrected chi connectivity index (χ0v) is 13.5. The van der Waals surface area contributed by atoms with Gasteiger partial charge >= 0.3 is 5.97 Å². The van der Waals surface area contributed by atoms with Crippen molar-refractivity contribution >= 4 is 17.6 Å². The van der Waals surface area contributed by atoms with Crippen molar-refractivity contribution < 1.29 is 23.3 Å². The zero-order chi connectivity index (χ0) is 17.6. The fraction of sp³-hybridized carbons (Fsp3) is 0.167. The molecule has 3 aromatic rings. The number of hydrogen-bond acceptors (Lipinski definition) is 6. The number of esters is 1. The van der Waals surface area contributed by atoms with Crippen LogP contribution in [0.4, 0.5) is 5.69 Å². The highest BCUT2D eigenvalue weighted by molar-refractivity contribution is 5.88. The van der Waals surface area contributed by atoms with Crippen LogP contribution in [0.3, 0.4) is 0 Å². The number of nitrogens with one attached hydrogen (secondary N) is 1. The van der Waals surface area contributed by atoms with Gasteiger partial charge in [0.15, 0.2) is 5.76 Å². The fourth-order valence-corrected chi connectivity index (χ4v) is 2.20. The predicted molar refractivity (Wildman–Crippen MR) is 88.5 cm³/mol. The van der Waals surface area contributed by atoms with Gasteiger partial charge < -0.3 is 19.0 Å². The first-order valence-corrected chi connectivity index (χ1v) is 7.62. The lowest BCUT2D eigenvalue weighted by Gasteiger charge is -2.05. The number of aromatic nitrogens is 1. The molecule has 7 nitrogen and oxygen atoms in total. The van der Waals surface area contributed by atoms with Crippen LogP contribution in [0.5, 0.6) is 0 Å². The quantitative estimate of drug-likeness (QED) is 0.693. The summed E-state index contributed by atoms with van der Waals surface area (Å²) >= 11 is 0. The van der Waals surface area contributed by atoms with Gasteiger partial charge in [-0.2, -0.15) is 0 Å². The Bertz CT molecular complexity index is 850. The van der Waals surface area contributed by atoms with Gasteiger partial charge in [0.25, 0.3) is 0 Å². The van der Waals surface area contributed by atoms with E-state index in [1.54, 1.807) is 42.5 Å². The van der Waals surface area contributed by atoms with Crippen LogP contribution in [0.1, 0.15) is 18.2 Å². The summed E-state index contributed by atoms with van der Waals surface area (Å²) < 4.78 is 15.5.